The molecule has 0 atom stereocenters. The molecule has 0 aliphatic rings. The van der Waals surface area contributed by atoms with E-state index in [1.165, 1.54) is 40.5 Å². The van der Waals surface area contributed by atoms with E-state index in [-0.39, 0.29) is 22.6 Å². The van der Waals surface area contributed by atoms with E-state index >= 15 is 0 Å². The molecule has 9 nitrogen and oxygen atoms in total. The third-order valence-corrected chi connectivity index (χ3v) is 6.23. The van der Waals surface area contributed by atoms with Gasteiger partial charge >= 0.3 is 11.9 Å². The summed E-state index contributed by atoms with van der Waals surface area (Å²) >= 11 is 0. The van der Waals surface area contributed by atoms with Crippen molar-refractivity contribution in [1.82, 2.24) is 4.31 Å². The van der Waals surface area contributed by atoms with Crippen LogP contribution in [0, 0.1) is 0 Å². The van der Waals surface area contributed by atoms with Crippen LogP contribution >= 0.6 is 0 Å². The van der Waals surface area contributed by atoms with Crippen LogP contribution in [0.3, 0.4) is 0 Å². The fraction of sp³-hybridized carbons (Fsp3) is 0.300. The largest absolute Gasteiger partial charge is 0.497 e. The molecule has 0 amide bonds. The van der Waals surface area contributed by atoms with Crippen LogP contribution in [0.5, 0.6) is 11.5 Å². The van der Waals surface area contributed by atoms with Gasteiger partial charge in [0.25, 0.3) is 0 Å². The van der Waals surface area contributed by atoms with Crippen molar-refractivity contribution in [2.24, 2.45) is 0 Å². The number of hydrogen-bond acceptors (Lipinski definition) is 8. The Kier molecular flexibility index (Phi) is 7.41. The first kappa shape index (κ1) is 23.2. The second kappa shape index (κ2) is 9.59. The highest BCUT2D eigenvalue weighted by molar-refractivity contribution is 7.89. The Morgan fingerprint density at radius 2 is 1.57 bits per heavy atom. The molecule has 2 rings (SSSR count). The summed E-state index contributed by atoms with van der Waals surface area (Å²) in [5.74, 6) is -0.587. The Morgan fingerprint density at radius 3 is 2.13 bits per heavy atom. The molecule has 0 unspecified atom stereocenters. The van der Waals surface area contributed by atoms with Gasteiger partial charge in [0.15, 0.2) is 0 Å². The van der Waals surface area contributed by atoms with E-state index in [0.29, 0.717) is 17.1 Å². The Hall–Kier alpha value is -3.11. The second-order valence-electron chi connectivity index (χ2n) is 6.13. The first-order chi connectivity index (χ1) is 14.2. The minimum absolute atomic E-state index is 0.0147. The lowest BCUT2D eigenvalue weighted by Crippen LogP contribution is -2.28. The monoisotopic (exact) mass is 437 g/mol. The molecule has 0 radical (unpaired) electrons. The van der Waals surface area contributed by atoms with Gasteiger partial charge in [-0.3, -0.25) is 0 Å². The predicted octanol–water partition coefficient (Wildman–Crippen LogP) is 2.10. The van der Waals surface area contributed by atoms with Gasteiger partial charge in [-0.15, -0.1) is 0 Å². The van der Waals surface area contributed by atoms with E-state index < -0.39 is 22.0 Å². The van der Waals surface area contributed by atoms with Crippen molar-refractivity contribution in [3.05, 3.63) is 53.1 Å². The van der Waals surface area contributed by atoms with Gasteiger partial charge in [0.05, 0.1) is 44.5 Å². The van der Waals surface area contributed by atoms with Crippen molar-refractivity contribution in [3.8, 4) is 11.5 Å². The minimum Gasteiger partial charge on any atom is -0.497 e. The molecule has 0 N–H and O–H groups in total. The smallest absolute Gasteiger partial charge is 0.339 e. The van der Waals surface area contributed by atoms with Crippen molar-refractivity contribution in [2.45, 2.75) is 11.4 Å². The molecule has 0 saturated carbocycles. The van der Waals surface area contributed by atoms with Gasteiger partial charge in [-0.25, -0.2) is 18.0 Å². The van der Waals surface area contributed by atoms with Crippen LogP contribution in [0.1, 0.15) is 26.3 Å². The van der Waals surface area contributed by atoms with Gasteiger partial charge < -0.3 is 18.9 Å². The molecule has 0 aromatic heterocycles. The Morgan fingerprint density at radius 1 is 0.900 bits per heavy atom. The van der Waals surface area contributed by atoms with Crippen LogP contribution in [-0.2, 0) is 26.0 Å². The minimum atomic E-state index is -4.19. The number of ether oxygens (including phenoxy) is 4. The predicted molar refractivity (Wildman–Crippen MR) is 107 cm³/mol. The lowest BCUT2D eigenvalue weighted by Gasteiger charge is -2.20. The lowest BCUT2D eigenvalue weighted by molar-refractivity contribution is 0.0583. The van der Waals surface area contributed by atoms with Crippen molar-refractivity contribution in [2.75, 3.05) is 35.5 Å². The van der Waals surface area contributed by atoms with Crippen LogP contribution in [0.25, 0.3) is 0 Å². The second-order valence-corrected chi connectivity index (χ2v) is 8.15. The van der Waals surface area contributed by atoms with E-state index in [0.717, 1.165) is 17.5 Å². The van der Waals surface area contributed by atoms with Crippen molar-refractivity contribution in [1.29, 1.82) is 0 Å². The Balaban J connectivity index is 2.51. The fourth-order valence-corrected chi connectivity index (χ4v) is 4.08. The number of rotatable bonds is 8. The molecule has 0 fully saturated rings. The zero-order chi connectivity index (χ0) is 22.5. The number of hydrogen-bond donors (Lipinski definition) is 0. The topological polar surface area (TPSA) is 108 Å². The van der Waals surface area contributed by atoms with E-state index in [1.54, 1.807) is 18.2 Å². The summed E-state index contributed by atoms with van der Waals surface area (Å²) in [6.45, 7) is -0.0570. The number of carbonyl (C=O) groups is 2. The molecular formula is C20H23NO8S. The van der Waals surface area contributed by atoms with Crippen LogP contribution in [0.15, 0.2) is 41.3 Å². The third-order valence-electron chi connectivity index (χ3n) is 4.38. The molecule has 0 heterocycles. The highest BCUT2D eigenvalue weighted by Crippen LogP contribution is 2.28. The molecule has 2 aromatic rings. The van der Waals surface area contributed by atoms with Crippen molar-refractivity contribution >= 4 is 22.0 Å². The Bertz CT molecular complexity index is 1050. The average molecular weight is 437 g/mol. The van der Waals surface area contributed by atoms with E-state index in [1.807, 2.05) is 0 Å². The van der Waals surface area contributed by atoms with E-state index in [4.69, 9.17) is 9.47 Å². The fourth-order valence-electron chi connectivity index (χ4n) is 2.73. The Labute approximate surface area is 175 Å². The van der Waals surface area contributed by atoms with E-state index in [2.05, 4.69) is 9.47 Å². The van der Waals surface area contributed by atoms with Crippen LogP contribution < -0.4 is 9.47 Å². The van der Waals surface area contributed by atoms with Crippen LogP contribution in [-0.4, -0.2) is 60.1 Å². The van der Waals surface area contributed by atoms with Gasteiger partial charge in [-0.2, -0.15) is 4.31 Å². The number of carbonyl (C=O) groups excluding carboxylic acids is 2. The summed E-state index contributed by atoms with van der Waals surface area (Å²) in [5, 5.41) is 0. The summed E-state index contributed by atoms with van der Waals surface area (Å²) < 4.78 is 47.4. The standard InChI is InChI=1S/C20H23NO8S/c1-21(12-14-6-8-15(26-2)11-17(14)27-3)30(24,25)18-10-13(19(22)28-4)7-9-16(18)20(23)29-5/h6-11H,12H2,1-5H3. The molecule has 0 aliphatic carbocycles. The number of methoxy groups -OCH3 is 4. The van der Waals surface area contributed by atoms with E-state index in [9.17, 15) is 18.0 Å². The molecule has 30 heavy (non-hydrogen) atoms. The maximum absolute atomic E-state index is 13.3. The van der Waals surface area contributed by atoms with Gasteiger partial charge in [0.2, 0.25) is 10.0 Å². The molecule has 0 saturated heterocycles. The molecular weight excluding hydrogens is 414 g/mol. The summed E-state index contributed by atoms with van der Waals surface area (Å²) in [5.41, 5.74) is 0.367. The summed E-state index contributed by atoms with van der Waals surface area (Å²) in [4.78, 5) is 23.6. The van der Waals surface area contributed by atoms with Gasteiger partial charge in [0, 0.05) is 25.2 Å². The SMILES string of the molecule is COC(=O)c1ccc(C(=O)OC)c(S(=O)(=O)N(C)Cc2ccc(OC)cc2OC)c1. The zero-order valence-corrected chi connectivity index (χ0v) is 18.1. The number of nitrogens with zero attached hydrogens (tertiary/aromatic N) is 1. The highest BCUT2D eigenvalue weighted by Gasteiger charge is 2.29. The average Bonchev–Trinajstić information content (AvgIpc) is 2.77. The number of benzene rings is 2. The normalized spacial score (nSPS) is 11.1. The van der Waals surface area contributed by atoms with Gasteiger partial charge in [-0.05, 0) is 24.3 Å². The lowest BCUT2D eigenvalue weighted by atomic mass is 10.1. The molecule has 0 aliphatic heterocycles. The van der Waals surface area contributed by atoms with Crippen molar-refractivity contribution in [3.63, 3.8) is 0 Å². The molecule has 0 bridgehead atoms. The molecule has 2 aromatic carbocycles. The molecule has 162 valence electrons. The first-order valence-corrected chi connectivity index (χ1v) is 10.1. The number of sulfonamides is 1. The van der Waals surface area contributed by atoms with Crippen molar-refractivity contribution < 1.29 is 37.0 Å². The van der Waals surface area contributed by atoms with Crippen LogP contribution in [0.4, 0.5) is 0 Å². The molecule has 10 heteroatoms. The maximum atomic E-state index is 13.3. The van der Waals surface area contributed by atoms with Crippen LogP contribution in [0.2, 0.25) is 0 Å². The summed E-state index contributed by atoms with van der Waals surface area (Å²) in [7, 11) is 2.44. The third kappa shape index (κ3) is 4.71. The maximum Gasteiger partial charge on any atom is 0.339 e. The first-order valence-electron chi connectivity index (χ1n) is 8.67. The van der Waals surface area contributed by atoms with Gasteiger partial charge in [-0.1, -0.05) is 6.07 Å². The molecule has 0 spiro atoms. The summed E-state index contributed by atoms with van der Waals surface area (Å²) in [6.07, 6.45) is 0. The zero-order valence-electron chi connectivity index (χ0n) is 17.3. The van der Waals surface area contributed by atoms with Gasteiger partial charge in [0.1, 0.15) is 11.5 Å². The highest BCUT2D eigenvalue weighted by atomic mass is 32.2. The quantitative estimate of drug-likeness (QED) is 0.578. The summed E-state index contributed by atoms with van der Waals surface area (Å²) in [6, 6.07) is 8.59. The number of esters is 2.